The Morgan fingerprint density at radius 1 is 1.09 bits per heavy atom. The van der Waals surface area contributed by atoms with Crippen LogP contribution in [0.2, 0.25) is 0 Å². The molecule has 0 saturated carbocycles. The molecule has 4 nitrogen and oxygen atoms in total. The largest absolute Gasteiger partial charge is 0.412 e. The quantitative estimate of drug-likeness (QED) is 0.419. The monoisotopic (exact) mass is 165 g/mol. The van der Waals surface area contributed by atoms with Crippen LogP contribution in [0.4, 0.5) is 0 Å². The average Bonchev–Trinajstić information content (AvgIpc) is 1.97. The molecule has 0 amide bonds. The van der Waals surface area contributed by atoms with E-state index in [2.05, 4.69) is 5.32 Å². The van der Waals surface area contributed by atoms with Crippen molar-refractivity contribution < 1.29 is 14.9 Å². The molecule has 0 spiro atoms. The summed E-state index contributed by atoms with van der Waals surface area (Å²) >= 11 is 0. The van der Waals surface area contributed by atoms with Crippen LogP contribution in [0.25, 0.3) is 0 Å². The fourth-order valence-electron chi connectivity index (χ4n) is 0.509. The van der Waals surface area contributed by atoms with Crippen LogP contribution < -0.4 is 5.32 Å². The van der Waals surface area contributed by atoms with E-state index in [1.54, 1.807) is 0 Å². The lowest BCUT2D eigenvalue weighted by Crippen LogP contribution is -2.18. The maximum atomic E-state index is 5.14. The first-order valence-corrected chi connectivity index (χ1v) is 3.78. The molecule has 0 aliphatic rings. The molecule has 0 saturated heterocycles. The minimum absolute atomic E-state index is 0. The molecule has 0 aromatic rings. The topological polar surface area (TPSA) is 62.0 Å². The van der Waals surface area contributed by atoms with E-state index >= 15 is 0 Å². The zero-order valence-corrected chi connectivity index (χ0v) is 7.35. The lowest BCUT2D eigenvalue weighted by atomic mass is 10.7. The van der Waals surface area contributed by atoms with Gasteiger partial charge < -0.3 is 14.9 Å². The van der Waals surface area contributed by atoms with Gasteiger partial charge in [-0.1, -0.05) is 6.92 Å². The Hall–Kier alpha value is -0.160. The van der Waals surface area contributed by atoms with Crippen molar-refractivity contribution in [3.8, 4) is 0 Å². The molecule has 3 N–H and O–H groups in total. The summed E-state index contributed by atoms with van der Waals surface area (Å²) in [5, 5.41) is 3.05. The molecule has 0 fully saturated rings. The second kappa shape index (κ2) is 12.5. The van der Waals surface area contributed by atoms with Crippen LogP contribution in [0.1, 0.15) is 13.8 Å². The summed E-state index contributed by atoms with van der Waals surface area (Å²) in [6.45, 7) is 7.75. The second-order valence-electron chi connectivity index (χ2n) is 1.85. The van der Waals surface area contributed by atoms with E-state index in [-0.39, 0.29) is 5.48 Å². The Morgan fingerprint density at radius 3 is 2.27 bits per heavy atom. The zero-order chi connectivity index (χ0) is 7.66. The molecule has 0 aliphatic carbocycles. The number of nitrogens with one attached hydrogen (secondary N) is 1. The first-order chi connectivity index (χ1) is 4.91. The van der Waals surface area contributed by atoms with Crippen LogP contribution in [0, 0.1) is 0 Å². The predicted molar refractivity (Wildman–Crippen MR) is 44.6 cm³/mol. The number of rotatable bonds is 7. The Balaban J connectivity index is 0. The molecule has 0 atom stereocenters. The molecule has 11 heavy (non-hydrogen) atoms. The highest BCUT2D eigenvalue weighted by atomic mass is 16.5. The predicted octanol–water partition coefficient (Wildman–Crippen LogP) is -0.218. The summed E-state index contributed by atoms with van der Waals surface area (Å²) in [5.41, 5.74) is 0. The van der Waals surface area contributed by atoms with Gasteiger partial charge in [0, 0.05) is 6.61 Å². The third kappa shape index (κ3) is 12.9. The second-order valence-corrected chi connectivity index (χ2v) is 1.85. The standard InChI is InChI=1S/C7H17NO2.H2O/c1-3-8-7-10-6-5-9-4-2;/h8H,3-7H2,1-2H3;1H2. The molecular weight excluding hydrogens is 146 g/mol. The number of hydrogen-bond donors (Lipinski definition) is 1. The molecule has 0 bridgehead atoms. The maximum Gasteiger partial charge on any atom is 0.0966 e. The summed E-state index contributed by atoms with van der Waals surface area (Å²) in [6, 6.07) is 0. The Labute approximate surface area is 68.2 Å². The van der Waals surface area contributed by atoms with Gasteiger partial charge in [0.05, 0.1) is 19.9 Å². The summed E-state index contributed by atoms with van der Waals surface area (Å²) < 4.78 is 10.2. The Morgan fingerprint density at radius 2 is 1.73 bits per heavy atom. The lowest BCUT2D eigenvalue weighted by Gasteiger charge is -2.03. The minimum Gasteiger partial charge on any atom is -0.412 e. The van der Waals surface area contributed by atoms with Crippen molar-refractivity contribution in [2.45, 2.75) is 13.8 Å². The van der Waals surface area contributed by atoms with E-state index in [4.69, 9.17) is 9.47 Å². The van der Waals surface area contributed by atoms with Crippen molar-refractivity contribution in [3.63, 3.8) is 0 Å². The smallest absolute Gasteiger partial charge is 0.0966 e. The molecule has 0 aromatic heterocycles. The van der Waals surface area contributed by atoms with E-state index in [0.717, 1.165) is 13.2 Å². The van der Waals surface area contributed by atoms with Gasteiger partial charge in [-0.3, -0.25) is 5.32 Å². The Kier molecular flexibility index (Phi) is 15.3. The normalized spacial score (nSPS) is 9.27. The highest BCUT2D eigenvalue weighted by Gasteiger charge is 1.84. The van der Waals surface area contributed by atoms with Crippen molar-refractivity contribution in [3.05, 3.63) is 0 Å². The van der Waals surface area contributed by atoms with E-state index < -0.39 is 0 Å². The molecule has 0 aliphatic heterocycles. The van der Waals surface area contributed by atoms with Gasteiger partial charge in [-0.15, -0.1) is 0 Å². The SMILES string of the molecule is CCNCOCCOCC.O. The molecule has 0 radical (unpaired) electrons. The van der Waals surface area contributed by atoms with Crippen LogP contribution in [0.3, 0.4) is 0 Å². The molecule has 4 heteroatoms. The molecule has 0 rings (SSSR count). The highest BCUT2D eigenvalue weighted by Crippen LogP contribution is 1.75. The highest BCUT2D eigenvalue weighted by molar-refractivity contribution is 4.30. The maximum absolute atomic E-state index is 5.14. The van der Waals surface area contributed by atoms with Gasteiger partial charge in [0.15, 0.2) is 0 Å². The van der Waals surface area contributed by atoms with Gasteiger partial charge in [-0.2, -0.15) is 0 Å². The fourth-order valence-corrected chi connectivity index (χ4v) is 0.509. The van der Waals surface area contributed by atoms with Crippen LogP contribution in [-0.4, -0.2) is 38.6 Å². The van der Waals surface area contributed by atoms with Gasteiger partial charge in [0.2, 0.25) is 0 Å². The molecule has 0 unspecified atom stereocenters. The van der Waals surface area contributed by atoms with Gasteiger partial charge in [-0.25, -0.2) is 0 Å². The Bertz CT molecular complexity index is 53.6. The van der Waals surface area contributed by atoms with Crippen molar-refractivity contribution in [2.75, 3.05) is 33.1 Å². The van der Waals surface area contributed by atoms with Crippen LogP contribution in [-0.2, 0) is 9.47 Å². The molecule has 0 aromatic carbocycles. The molecule has 0 heterocycles. The van der Waals surface area contributed by atoms with E-state index in [1.807, 2.05) is 13.8 Å². The lowest BCUT2D eigenvalue weighted by molar-refractivity contribution is 0.0457. The number of hydrogen-bond acceptors (Lipinski definition) is 3. The summed E-state index contributed by atoms with van der Waals surface area (Å²) in [7, 11) is 0. The van der Waals surface area contributed by atoms with Gasteiger partial charge in [-0.05, 0) is 13.5 Å². The summed E-state index contributed by atoms with van der Waals surface area (Å²) in [6.07, 6.45) is 0. The van der Waals surface area contributed by atoms with Crippen molar-refractivity contribution in [1.82, 2.24) is 5.32 Å². The molecule has 70 valence electrons. The van der Waals surface area contributed by atoms with Crippen LogP contribution >= 0.6 is 0 Å². The zero-order valence-electron chi connectivity index (χ0n) is 7.35. The van der Waals surface area contributed by atoms with Gasteiger partial charge in [0.1, 0.15) is 0 Å². The van der Waals surface area contributed by atoms with Crippen molar-refractivity contribution in [2.24, 2.45) is 0 Å². The molecular formula is C7H19NO3. The average molecular weight is 165 g/mol. The van der Waals surface area contributed by atoms with Gasteiger partial charge >= 0.3 is 0 Å². The minimum atomic E-state index is 0. The summed E-state index contributed by atoms with van der Waals surface area (Å²) in [5.74, 6) is 0. The van der Waals surface area contributed by atoms with Crippen LogP contribution in [0.15, 0.2) is 0 Å². The van der Waals surface area contributed by atoms with E-state index in [9.17, 15) is 0 Å². The van der Waals surface area contributed by atoms with Crippen molar-refractivity contribution in [1.29, 1.82) is 0 Å². The van der Waals surface area contributed by atoms with E-state index in [1.165, 1.54) is 0 Å². The third-order valence-electron chi connectivity index (χ3n) is 1.03. The van der Waals surface area contributed by atoms with Crippen LogP contribution in [0.5, 0.6) is 0 Å². The van der Waals surface area contributed by atoms with Crippen molar-refractivity contribution >= 4 is 0 Å². The van der Waals surface area contributed by atoms with Gasteiger partial charge in [0.25, 0.3) is 0 Å². The fraction of sp³-hybridized carbons (Fsp3) is 1.00. The first kappa shape index (κ1) is 13.4. The van der Waals surface area contributed by atoms with E-state index in [0.29, 0.717) is 19.9 Å². The summed E-state index contributed by atoms with van der Waals surface area (Å²) in [4.78, 5) is 0. The number of ether oxygens (including phenoxy) is 2. The third-order valence-corrected chi connectivity index (χ3v) is 1.03. The first-order valence-electron chi connectivity index (χ1n) is 3.78.